The maximum absolute atomic E-state index is 12.4. The van der Waals surface area contributed by atoms with E-state index in [9.17, 15) is 9.59 Å². The van der Waals surface area contributed by atoms with Crippen LogP contribution in [0.1, 0.15) is 21.5 Å². The summed E-state index contributed by atoms with van der Waals surface area (Å²) in [6, 6.07) is 19.6. The lowest BCUT2D eigenvalue weighted by atomic mass is 10.1. The molecule has 5 aromatic rings. The highest BCUT2D eigenvalue weighted by molar-refractivity contribution is 14.1. The number of hydrogen-bond donors (Lipinski definition) is 2. The Kier molecular flexibility index (Phi) is 6.40. The van der Waals surface area contributed by atoms with Crippen LogP contribution in [-0.4, -0.2) is 22.6 Å². The maximum Gasteiger partial charge on any atom is 0.349 e. The largest absolute Gasteiger partial charge is 0.497 e. The molecule has 0 saturated carbocycles. The molecule has 2 aromatic heterocycles. The number of primary amides is 1. The first-order valence-electron chi connectivity index (χ1n) is 11.3. The Labute approximate surface area is 220 Å². The number of aromatic nitrogens is 2. The molecule has 0 aliphatic rings. The van der Waals surface area contributed by atoms with Crippen molar-refractivity contribution in [1.29, 1.82) is 0 Å². The SMILES string of the molecule is COc1ccc(CCn2c(Nc3cccc(I)c3)nc3cc4c(C)c(C(N)=O)c(=O)oc4cc32)cc1. The monoisotopic (exact) mass is 594 g/mol. The number of carbonyl (C=O) groups excluding carboxylic acids is 1. The molecule has 3 aromatic carbocycles. The highest BCUT2D eigenvalue weighted by Gasteiger charge is 2.19. The van der Waals surface area contributed by atoms with Crippen LogP contribution in [0.3, 0.4) is 0 Å². The standard InChI is InChI=1S/C27H23IN4O4/c1-15-20-13-21-22(14-23(20)36-26(34)24(15)25(29)33)32(11-10-16-6-8-19(35-2)9-7-16)27(31-21)30-18-5-3-4-17(28)12-18/h3-9,12-14H,10-11H2,1-2H3,(H2,29,33)(H,30,31). The Hall–Kier alpha value is -3.86. The van der Waals surface area contributed by atoms with Gasteiger partial charge in [-0.3, -0.25) is 4.79 Å². The Bertz CT molecular complexity index is 1670. The number of rotatable bonds is 7. The van der Waals surface area contributed by atoms with Gasteiger partial charge in [-0.15, -0.1) is 0 Å². The van der Waals surface area contributed by atoms with Crippen molar-refractivity contribution >= 4 is 62.1 Å². The van der Waals surface area contributed by atoms with Gasteiger partial charge in [-0.1, -0.05) is 18.2 Å². The number of aryl methyl sites for hydroxylation is 3. The molecule has 1 amide bonds. The lowest BCUT2D eigenvalue weighted by Gasteiger charge is -2.12. The lowest BCUT2D eigenvalue weighted by molar-refractivity contribution is 0.0996. The van der Waals surface area contributed by atoms with Crippen LogP contribution in [0, 0.1) is 10.5 Å². The van der Waals surface area contributed by atoms with Crippen molar-refractivity contribution in [3.8, 4) is 5.75 Å². The van der Waals surface area contributed by atoms with Gasteiger partial charge in [-0.2, -0.15) is 0 Å². The van der Waals surface area contributed by atoms with Gasteiger partial charge in [0.15, 0.2) is 0 Å². The second kappa shape index (κ2) is 9.65. The summed E-state index contributed by atoms with van der Waals surface area (Å²) in [6.45, 7) is 2.32. The van der Waals surface area contributed by atoms with E-state index < -0.39 is 11.5 Å². The second-order valence-corrected chi connectivity index (χ2v) is 9.66. The number of nitrogens with two attached hydrogens (primary N) is 1. The summed E-state index contributed by atoms with van der Waals surface area (Å²) in [5.41, 5.74) is 8.96. The summed E-state index contributed by atoms with van der Waals surface area (Å²) in [5.74, 6) is 0.653. The van der Waals surface area contributed by atoms with Crippen LogP contribution in [0.15, 0.2) is 69.9 Å². The maximum atomic E-state index is 12.4. The smallest absolute Gasteiger partial charge is 0.349 e. The summed E-state index contributed by atoms with van der Waals surface area (Å²) in [5, 5.41) is 4.05. The molecule has 182 valence electrons. The molecule has 0 unspecified atom stereocenters. The van der Waals surface area contributed by atoms with Gasteiger partial charge in [0.25, 0.3) is 5.91 Å². The van der Waals surface area contributed by atoms with E-state index in [2.05, 4.69) is 32.5 Å². The highest BCUT2D eigenvalue weighted by Crippen LogP contribution is 2.30. The molecule has 9 heteroatoms. The number of nitrogens with zero attached hydrogens (tertiary/aromatic N) is 2. The van der Waals surface area contributed by atoms with Crippen LogP contribution >= 0.6 is 22.6 Å². The van der Waals surface area contributed by atoms with E-state index in [4.69, 9.17) is 19.9 Å². The van der Waals surface area contributed by atoms with E-state index in [-0.39, 0.29) is 5.56 Å². The molecule has 8 nitrogen and oxygen atoms in total. The Morgan fingerprint density at radius 1 is 1.17 bits per heavy atom. The molecule has 36 heavy (non-hydrogen) atoms. The molecular weight excluding hydrogens is 571 g/mol. The van der Waals surface area contributed by atoms with Gasteiger partial charge in [-0.25, -0.2) is 9.78 Å². The Balaban J connectivity index is 1.63. The molecule has 5 rings (SSSR count). The van der Waals surface area contributed by atoms with Gasteiger partial charge in [-0.05, 0) is 83.5 Å². The normalized spacial score (nSPS) is 11.2. The summed E-state index contributed by atoms with van der Waals surface area (Å²) in [4.78, 5) is 29.1. The minimum absolute atomic E-state index is 0.141. The van der Waals surface area contributed by atoms with Crippen molar-refractivity contribution < 1.29 is 13.9 Å². The van der Waals surface area contributed by atoms with Crippen LogP contribution in [-0.2, 0) is 13.0 Å². The molecular formula is C27H23IN4O4. The fourth-order valence-corrected chi connectivity index (χ4v) is 4.85. The minimum atomic E-state index is -0.811. The summed E-state index contributed by atoms with van der Waals surface area (Å²) in [6.07, 6.45) is 0.748. The number of anilines is 2. The minimum Gasteiger partial charge on any atom is -0.497 e. The number of carbonyl (C=O) groups is 1. The number of amides is 1. The van der Waals surface area contributed by atoms with E-state index in [1.165, 1.54) is 0 Å². The first-order valence-corrected chi connectivity index (χ1v) is 12.3. The van der Waals surface area contributed by atoms with Gasteiger partial charge < -0.3 is 24.8 Å². The van der Waals surface area contributed by atoms with Gasteiger partial charge in [0, 0.05) is 27.3 Å². The number of imidazole rings is 1. The second-order valence-electron chi connectivity index (χ2n) is 8.41. The van der Waals surface area contributed by atoms with Crippen molar-refractivity contribution in [2.45, 2.75) is 19.9 Å². The molecule has 0 atom stereocenters. The van der Waals surface area contributed by atoms with E-state index in [0.29, 0.717) is 34.5 Å². The van der Waals surface area contributed by atoms with Gasteiger partial charge >= 0.3 is 5.63 Å². The zero-order valence-electron chi connectivity index (χ0n) is 19.7. The third-order valence-corrected chi connectivity index (χ3v) is 6.82. The van der Waals surface area contributed by atoms with Crippen LogP contribution in [0.2, 0.25) is 0 Å². The molecule has 0 fully saturated rings. The predicted molar refractivity (Wildman–Crippen MR) is 148 cm³/mol. The Morgan fingerprint density at radius 2 is 1.94 bits per heavy atom. The van der Waals surface area contributed by atoms with Gasteiger partial charge in [0.05, 0.1) is 18.1 Å². The lowest BCUT2D eigenvalue weighted by Crippen LogP contribution is -2.22. The summed E-state index contributed by atoms with van der Waals surface area (Å²) < 4.78 is 13.9. The van der Waals surface area contributed by atoms with E-state index in [0.717, 1.165) is 32.5 Å². The van der Waals surface area contributed by atoms with Crippen molar-refractivity contribution in [2.75, 3.05) is 12.4 Å². The average molecular weight is 594 g/mol. The van der Waals surface area contributed by atoms with Crippen LogP contribution < -0.4 is 21.4 Å². The number of methoxy groups -OCH3 is 1. The van der Waals surface area contributed by atoms with Crippen molar-refractivity contribution in [3.63, 3.8) is 0 Å². The van der Waals surface area contributed by atoms with Crippen LogP contribution in [0.5, 0.6) is 5.75 Å². The predicted octanol–water partition coefficient (Wildman–Crippen LogP) is 5.15. The molecule has 3 N–H and O–H groups in total. The van der Waals surface area contributed by atoms with Crippen molar-refractivity contribution in [2.24, 2.45) is 5.73 Å². The first-order chi connectivity index (χ1) is 17.3. The van der Waals surface area contributed by atoms with E-state index >= 15 is 0 Å². The number of ether oxygens (including phenoxy) is 1. The van der Waals surface area contributed by atoms with Crippen molar-refractivity contribution in [3.05, 3.63) is 91.3 Å². The number of fused-ring (bicyclic) bond motifs is 2. The summed E-state index contributed by atoms with van der Waals surface area (Å²) >= 11 is 2.27. The first kappa shape index (κ1) is 23.9. The average Bonchev–Trinajstić information content (AvgIpc) is 3.17. The van der Waals surface area contributed by atoms with E-state index in [1.807, 2.05) is 54.6 Å². The zero-order chi connectivity index (χ0) is 25.4. The van der Waals surface area contributed by atoms with Gasteiger partial charge in [0.2, 0.25) is 5.95 Å². The molecule has 2 heterocycles. The molecule has 0 bridgehead atoms. The fraction of sp³-hybridized carbons (Fsp3) is 0.148. The van der Waals surface area contributed by atoms with Gasteiger partial charge in [0.1, 0.15) is 16.9 Å². The zero-order valence-corrected chi connectivity index (χ0v) is 21.8. The number of halogens is 1. The highest BCUT2D eigenvalue weighted by atomic mass is 127. The fourth-order valence-electron chi connectivity index (χ4n) is 4.30. The number of nitrogens with one attached hydrogen (secondary N) is 1. The third kappa shape index (κ3) is 4.53. The molecule has 0 saturated heterocycles. The van der Waals surface area contributed by atoms with E-state index in [1.54, 1.807) is 20.1 Å². The molecule has 0 aliphatic heterocycles. The Morgan fingerprint density at radius 3 is 2.64 bits per heavy atom. The van der Waals surface area contributed by atoms with Crippen LogP contribution in [0.25, 0.3) is 22.0 Å². The number of hydrogen-bond acceptors (Lipinski definition) is 6. The molecule has 0 aliphatic carbocycles. The molecule has 0 spiro atoms. The number of benzene rings is 3. The third-order valence-electron chi connectivity index (χ3n) is 6.15. The summed E-state index contributed by atoms with van der Waals surface area (Å²) in [7, 11) is 1.64. The quantitative estimate of drug-likeness (QED) is 0.199. The topological polar surface area (TPSA) is 112 Å². The van der Waals surface area contributed by atoms with Crippen LogP contribution in [0.4, 0.5) is 11.6 Å². The van der Waals surface area contributed by atoms with Crippen molar-refractivity contribution in [1.82, 2.24) is 9.55 Å². The molecule has 0 radical (unpaired) electrons.